The van der Waals surface area contributed by atoms with E-state index in [9.17, 15) is 29.1 Å². The lowest BCUT2D eigenvalue weighted by Crippen LogP contribution is -2.62. The maximum atomic E-state index is 15.1. The van der Waals surface area contributed by atoms with Gasteiger partial charge < -0.3 is 31.3 Å². The molecule has 0 bridgehead atoms. The van der Waals surface area contributed by atoms with Gasteiger partial charge in [0.05, 0.1) is 18.2 Å². The summed E-state index contributed by atoms with van der Waals surface area (Å²) in [6, 6.07) is -4.29. The van der Waals surface area contributed by atoms with Crippen LogP contribution in [0.1, 0.15) is 145 Å². The minimum Gasteiger partial charge on any atom is -0.392 e. The number of nitrogens with zero attached hydrogens (tertiary/aromatic N) is 2. The number of aliphatic hydroxyl groups excluding tert-OH is 1. The van der Waals surface area contributed by atoms with Crippen molar-refractivity contribution in [2.24, 2.45) is 27.6 Å². The highest BCUT2D eigenvalue weighted by Crippen LogP contribution is 2.88. The van der Waals surface area contributed by atoms with E-state index in [1.54, 1.807) is 4.90 Å². The first-order chi connectivity index (χ1) is 26.3. The molecule has 0 aromatic heterocycles. The lowest BCUT2D eigenvalue weighted by molar-refractivity contribution is -0.145. The van der Waals surface area contributed by atoms with Crippen LogP contribution in [0.25, 0.3) is 0 Å². The molecule has 5 N–H and O–H groups in total. The van der Waals surface area contributed by atoms with Gasteiger partial charge in [-0.1, -0.05) is 73.6 Å². The zero-order valence-electron chi connectivity index (χ0n) is 35.3. The Bertz CT molecular complexity index is 1540. The second kappa shape index (κ2) is 15.9. The quantitative estimate of drug-likeness (QED) is 0.167. The fraction of sp³-hybridized carbons (Fsp3) is 0.860. The fourth-order valence-corrected chi connectivity index (χ4v) is 11.4. The summed E-state index contributed by atoms with van der Waals surface area (Å²) in [4.78, 5) is 87.9. The number of likely N-dealkylation sites (tertiary alicyclic amines) is 2. The number of β-amino-alcohol motifs (C(OH)–C–C–N with tert-alkyl or cyclic N) is 1. The monoisotopic (exact) mass is 783 g/mol. The molecule has 5 amide bonds. The molecule has 13 nitrogen and oxygen atoms in total. The van der Waals surface area contributed by atoms with E-state index in [2.05, 4.69) is 35.1 Å². The number of aliphatic hydroxyl groups is 1. The Balaban J connectivity index is 1.26. The Morgan fingerprint density at radius 1 is 0.839 bits per heavy atom. The molecule has 7 atom stereocenters. The van der Waals surface area contributed by atoms with Crippen molar-refractivity contribution in [2.75, 3.05) is 13.1 Å². The van der Waals surface area contributed by atoms with Crippen molar-refractivity contribution in [2.45, 2.75) is 194 Å². The summed E-state index contributed by atoms with van der Waals surface area (Å²) in [6.07, 6.45) is 10.3. The van der Waals surface area contributed by atoms with Crippen LogP contribution in [0.5, 0.6) is 0 Å². The molecule has 13 heteroatoms. The largest absolute Gasteiger partial charge is 0.392 e. The van der Waals surface area contributed by atoms with Crippen LogP contribution in [-0.4, -0.2) is 112 Å². The van der Waals surface area contributed by atoms with Crippen LogP contribution in [0.2, 0.25) is 0 Å². The minimum atomic E-state index is -1.01. The van der Waals surface area contributed by atoms with Crippen LogP contribution in [0.3, 0.4) is 0 Å². The van der Waals surface area contributed by atoms with Crippen molar-refractivity contribution in [3.05, 3.63) is 0 Å². The van der Waals surface area contributed by atoms with Gasteiger partial charge in [0.25, 0.3) is 5.91 Å². The van der Waals surface area contributed by atoms with Gasteiger partial charge in [0.2, 0.25) is 29.4 Å². The molecule has 0 radical (unpaired) electrons. The highest BCUT2D eigenvalue weighted by atomic mass is 16.3. The SMILES string of the molecule is CCC[C@H](NC(=O)[C@@H]1C[C@@]2(CN1C(=O)[C@@H](NC(=O)C(NC(=O)[C@@H]1C[C@@H](O)CN1C(C)C)C1CCCCC1)C(C)(C)C)C(C)(C)C21CCC1)C(=O)C(=O)NC1CC1. The maximum Gasteiger partial charge on any atom is 0.289 e. The molecular formula is C43H70N6O7. The third-order valence-corrected chi connectivity index (χ3v) is 15.1. The normalized spacial score (nSPS) is 30.0. The zero-order valence-corrected chi connectivity index (χ0v) is 35.3. The summed E-state index contributed by atoms with van der Waals surface area (Å²) >= 11 is 0. The van der Waals surface area contributed by atoms with Crippen molar-refractivity contribution < 1.29 is 33.9 Å². The van der Waals surface area contributed by atoms with Gasteiger partial charge in [-0.3, -0.25) is 33.7 Å². The van der Waals surface area contributed by atoms with Gasteiger partial charge in [-0.05, 0) is 93.8 Å². The number of rotatable bonds is 14. The Hall–Kier alpha value is -3.06. The molecule has 4 saturated carbocycles. The standard InChI is InChI=1S/C43H70N6O7/c1-9-14-29(33(51)38(55)44-27-17-18-27)45-36(53)31-22-43(41(7,8)42(43)19-13-20-42)24-49(31)39(56)34(40(4,5)6)47-37(54)32(26-15-11-10-12-16-26)46-35(52)30-21-28(50)23-48(30)25(2)3/h25-32,34,50H,9-24H2,1-8H3,(H,44,55)(H,45,53)(H,46,52)(H,47,54)/t28-,29+,30+,31+,32?,34-,43-/m1/s1. The summed E-state index contributed by atoms with van der Waals surface area (Å²) < 4.78 is 0. The predicted molar refractivity (Wildman–Crippen MR) is 212 cm³/mol. The summed E-state index contributed by atoms with van der Waals surface area (Å²) in [7, 11) is 0. The van der Waals surface area contributed by atoms with Crippen molar-refractivity contribution in [3.63, 3.8) is 0 Å². The molecule has 56 heavy (non-hydrogen) atoms. The van der Waals surface area contributed by atoms with Gasteiger partial charge in [0, 0.05) is 30.6 Å². The molecule has 2 spiro atoms. The number of nitrogens with one attached hydrogen (secondary N) is 4. The number of carbonyl (C=O) groups is 6. The maximum absolute atomic E-state index is 15.1. The van der Waals surface area contributed by atoms with Crippen molar-refractivity contribution in [1.82, 2.24) is 31.1 Å². The molecule has 1 unspecified atom stereocenters. The van der Waals surface area contributed by atoms with E-state index < -0.39 is 65.2 Å². The summed E-state index contributed by atoms with van der Waals surface area (Å²) in [6.45, 7) is 16.8. The second-order valence-electron chi connectivity index (χ2n) is 20.2. The van der Waals surface area contributed by atoms with Crippen LogP contribution in [-0.2, 0) is 28.8 Å². The number of carbonyl (C=O) groups excluding carboxylic acids is 6. The van der Waals surface area contributed by atoms with Crippen LogP contribution in [0, 0.1) is 27.6 Å². The first-order valence-corrected chi connectivity index (χ1v) is 21.8. The molecule has 2 saturated heterocycles. The van der Waals surface area contributed by atoms with Crippen LogP contribution in [0.15, 0.2) is 0 Å². The Kier molecular flexibility index (Phi) is 12.1. The third kappa shape index (κ3) is 7.76. The molecule has 2 heterocycles. The van der Waals surface area contributed by atoms with Gasteiger partial charge in [-0.15, -0.1) is 0 Å². The molecule has 2 aliphatic heterocycles. The lowest BCUT2D eigenvalue weighted by atomic mass is 9.73. The van der Waals surface area contributed by atoms with Gasteiger partial charge >= 0.3 is 0 Å². The molecule has 4 aliphatic carbocycles. The molecular weight excluding hydrogens is 713 g/mol. The van der Waals surface area contributed by atoms with Crippen LogP contribution >= 0.6 is 0 Å². The summed E-state index contributed by atoms with van der Waals surface area (Å²) in [5.74, 6) is -2.97. The zero-order chi connectivity index (χ0) is 41.0. The first kappa shape index (κ1) is 42.5. The van der Waals surface area contributed by atoms with Crippen molar-refractivity contribution in [1.29, 1.82) is 0 Å². The molecule has 6 fully saturated rings. The van der Waals surface area contributed by atoms with E-state index in [-0.39, 0.29) is 46.1 Å². The summed E-state index contributed by atoms with van der Waals surface area (Å²) in [5.41, 5.74) is -1.14. The van der Waals surface area contributed by atoms with E-state index >= 15 is 4.79 Å². The van der Waals surface area contributed by atoms with E-state index in [0.29, 0.717) is 38.8 Å². The van der Waals surface area contributed by atoms with Crippen LogP contribution in [0.4, 0.5) is 0 Å². The average Bonchev–Trinajstić information content (AvgIpc) is 3.85. The Morgan fingerprint density at radius 3 is 2.02 bits per heavy atom. The first-order valence-electron chi connectivity index (χ1n) is 21.8. The number of hydrogen-bond acceptors (Lipinski definition) is 8. The van der Waals surface area contributed by atoms with Crippen LogP contribution < -0.4 is 21.3 Å². The second-order valence-corrected chi connectivity index (χ2v) is 20.2. The van der Waals surface area contributed by atoms with Crippen molar-refractivity contribution >= 4 is 35.3 Å². The number of ketones is 1. The topological polar surface area (TPSA) is 177 Å². The van der Waals surface area contributed by atoms with E-state index in [0.717, 1.165) is 64.2 Å². The minimum absolute atomic E-state index is 0.00362. The van der Waals surface area contributed by atoms with Gasteiger partial charge in [-0.25, -0.2) is 0 Å². The highest BCUT2D eigenvalue weighted by Gasteiger charge is 2.85. The van der Waals surface area contributed by atoms with Gasteiger partial charge in [-0.2, -0.15) is 0 Å². The predicted octanol–water partition coefficient (Wildman–Crippen LogP) is 3.36. The average molecular weight is 783 g/mol. The lowest BCUT2D eigenvalue weighted by Gasteiger charge is -2.38. The van der Waals surface area contributed by atoms with E-state index in [1.165, 1.54) is 0 Å². The fourth-order valence-electron chi connectivity index (χ4n) is 11.4. The molecule has 0 aromatic rings. The summed E-state index contributed by atoms with van der Waals surface area (Å²) in [5, 5.41) is 22.4. The molecule has 314 valence electrons. The van der Waals surface area contributed by atoms with E-state index in [1.807, 2.05) is 46.4 Å². The Morgan fingerprint density at radius 2 is 1.48 bits per heavy atom. The molecule has 0 aromatic carbocycles. The molecule has 6 aliphatic rings. The number of amides is 5. The Labute approximate surface area is 334 Å². The third-order valence-electron chi connectivity index (χ3n) is 15.1. The highest BCUT2D eigenvalue weighted by molar-refractivity contribution is 6.38. The van der Waals surface area contributed by atoms with E-state index in [4.69, 9.17) is 0 Å². The van der Waals surface area contributed by atoms with Gasteiger partial charge in [0.1, 0.15) is 18.1 Å². The number of hydrogen-bond donors (Lipinski definition) is 5. The smallest absolute Gasteiger partial charge is 0.289 e. The van der Waals surface area contributed by atoms with Crippen molar-refractivity contribution in [3.8, 4) is 0 Å². The number of Topliss-reactive ketones (excluding diaryl/α,β-unsaturated/α-hetero) is 1. The van der Waals surface area contributed by atoms with Gasteiger partial charge in [0.15, 0.2) is 0 Å². The number of fused-ring (bicyclic) bond motifs is 1. The molecule has 6 rings (SSSR count).